The van der Waals surface area contributed by atoms with Gasteiger partial charge in [-0.3, -0.25) is 9.59 Å². The molecule has 0 bridgehead atoms. The van der Waals surface area contributed by atoms with Crippen LogP contribution in [0.2, 0.25) is 0 Å². The van der Waals surface area contributed by atoms with E-state index in [4.69, 9.17) is 4.74 Å². The van der Waals surface area contributed by atoms with Gasteiger partial charge in [-0.25, -0.2) is 5.43 Å². The lowest BCUT2D eigenvalue weighted by Gasteiger charge is -2.22. The van der Waals surface area contributed by atoms with E-state index in [2.05, 4.69) is 34.6 Å². The van der Waals surface area contributed by atoms with Gasteiger partial charge in [-0.15, -0.1) is 0 Å². The third kappa shape index (κ3) is 6.57. The molecule has 2 N–H and O–H groups in total. The number of aryl methyl sites for hydroxylation is 1. The molecule has 0 saturated carbocycles. The summed E-state index contributed by atoms with van der Waals surface area (Å²) >= 11 is 0. The first-order chi connectivity index (χ1) is 15.3. The highest BCUT2D eigenvalue weighted by atomic mass is 16.5. The number of hydrazone groups is 1. The van der Waals surface area contributed by atoms with Crippen molar-refractivity contribution in [3.63, 3.8) is 0 Å². The van der Waals surface area contributed by atoms with E-state index >= 15 is 0 Å². The zero-order chi connectivity index (χ0) is 23.7. The molecular weight excluding hydrogens is 404 g/mol. The van der Waals surface area contributed by atoms with Crippen LogP contribution < -0.4 is 20.4 Å². The van der Waals surface area contributed by atoms with Crippen LogP contribution in [0, 0.1) is 12.8 Å². The lowest BCUT2D eigenvalue weighted by molar-refractivity contribution is -0.123. The molecule has 32 heavy (non-hydrogen) atoms. The second kappa shape index (κ2) is 11.9. The standard InChI is InChI=1S/C25H34N4O3/c1-7-29(8-2)21-14-13-20(22(15-21)32-6)16-26-28-25(31)23(17(3)4)27-24(30)19-11-9-18(5)10-12-19/h9-17,23H,7-8H2,1-6H3,(H,27,30)(H,28,31). The average Bonchev–Trinajstić information content (AvgIpc) is 2.78. The second-order valence-corrected chi connectivity index (χ2v) is 7.89. The Morgan fingerprint density at radius 3 is 2.31 bits per heavy atom. The fourth-order valence-corrected chi connectivity index (χ4v) is 3.29. The molecule has 7 nitrogen and oxygen atoms in total. The molecule has 2 amide bonds. The van der Waals surface area contributed by atoms with Crippen molar-refractivity contribution in [3.8, 4) is 5.75 Å². The highest BCUT2D eigenvalue weighted by Gasteiger charge is 2.24. The van der Waals surface area contributed by atoms with Crippen molar-refractivity contribution < 1.29 is 14.3 Å². The molecule has 0 fully saturated rings. The predicted molar refractivity (Wildman–Crippen MR) is 130 cm³/mol. The van der Waals surface area contributed by atoms with Crippen LogP contribution >= 0.6 is 0 Å². The molecule has 0 aliphatic rings. The summed E-state index contributed by atoms with van der Waals surface area (Å²) in [5.41, 5.74) is 5.92. The number of methoxy groups -OCH3 is 1. The van der Waals surface area contributed by atoms with Crippen LogP contribution in [0.1, 0.15) is 49.2 Å². The van der Waals surface area contributed by atoms with Crippen LogP contribution in [0.4, 0.5) is 5.69 Å². The van der Waals surface area contributed by atoms with Crippen molar-refractivity contribution in [3.05, 3.63) is 59.2 Å². The second-order valence-electron chi connectivity index (χ2n) is 7.89. The summed E-state index contributed by atoms with van der Waals surface area (Å²) in [6.07, 6.45) is 1.54. The summed E-state index contributed by atoms with van der Waals surface area (Å²) in [4.78, 5) is 27.5. The lowest BCUT2D eigenvalue weighted by atomic mass is 10.0. The van der Waals surface area contributed by atoms with Crippen molar-refractivity contribution >= 4 is 23.7 Å². The maximum absolute atomic E-state index is 12.7. The third-order valence-corrected chi connectivity index (χ3v) is 5.27. The quantitative estimate of drug-likeness (QED) is 0.437. The van der Waals surface area contributed by atoms with Gasteiger partial charge in [-0.05, 0) is 51.0 Å². The van der Waals surface area contributed by atoms with Crippen LogP contribution in [0.5, 0.6) is 5.75 Å². The van der Waals surface area contributed by atoms with Gasteiger partial charge in [0.15, 0.2) is 0 Å². The minimum Gasteiger partial charge on any atom is -0.496 e. The molecule has 0 heterocycles. The Kier molecular flexibility index (Phi) is 9.25. The molecule has 2 aromatic rings. The molecule has 0 aliphatic carbocycles. The summed E-state index contributed by atoms with van der Waals surface area (Å²) < 4.78 is 5.49. The molecule has 2 aromatic carbocycles. The first-order valence-electron chi connectivity index (χ1n) is 10.9. The summed E-state index contributed by atoms with van der Waals surface area (Å²) in [6.45, 7) is 11.7. The van der Waals surface area contributed by atoms with E-state index in [1.165, 1.54) is 0 Å². The van der Waals surface area contributed by atoms with Gasteiger partial charge in [0, 0.05) is 36.0 Å². The minimum absolute atomic E-state index is 0.109. The number of rotatable bonds is 10. The first-order valence-corrected chi connectivity index (χ1v) is 10.9. The number of hydrogen-bond acceptors (Lipinski definition) is 5. The van der Waals surface area contributed by atoms with E-state index in [0.29, 0.717) is 11.3 Å². The van der Waals surface area contributed by atoms with Gasteiger partial charge < -0.3 is 15.0 Å². The molecular formula is C25H34N4O3. The molecule has 172 valence electrons. The van der Waals surface area contributed by atoms with Crippen LogP contribution in [0.15, 0.2) is 47.6 Å². The number of carbonyl (C=O) groups is 2. The Morgan fingerprint density at radius 1 is 1.09 bits per heavy atom. The molecule has 7 heteroatoms. The number of amides is 2. The largest absolute Gasteiger partial charge is 0.496 e. The SMILES string of the molecule is CCN(CC)c1ccc(C=NNC(=O)C(NC(=O)c2ccc(C)cc2)C(C)C)c(OC)c1. The Labute approximate surface area is 190 Å². The Balaban J connectivity index is 2.07. The van der Waals surface area contributed by atoms with Crippen molar-refractivity contribution in [2.75, 3.05) is 25.1 Å². The van der Waals surface area contributed by atoms with Crippen molar-refractivity contribution in [2.45, 2.75) is 40.7 Å². The van der Waals surface area contributed by atoms with Crippen molar-refractivity contribution in [1.82, 2.24) is 10.7 Å². The molecule has 0 aromatic heterocycles. The molecule has 0 spiro atoms. The van der Waals surface area contributed by atoms with Gasteiger partial charge >= 0.3 is 0 Å². The number of carbonyl (C=O) groups excluding carboxylic acids is 2. The zero-order valence-corrected chi connectivity index (χ0v) is 19.8. The number of anilines is 1. The van der Waals surface area contributed by atoms with Gasteiger partial charge in [-0.2, -0.15) is 5.10 Å². The lowest BCUT2D eigenvalue weighted by Crippen LogP contribution is -2.48. The van der Waals surface area contributed by atoms with E-state index < -0.39 is 6.04 Å². The number of nitrogens with one attached hydrogen (secondary N) is 2. The van der Waals surface area contributed by atoms with Crippen LogP contribution in [0.3, 0.4) is 0 Å². The van der Waals surface area contributed by atoms with Gasteiger partial charge in [0.25, 0.3) is 11.8 Å². The molecule has 0 radical (unpaired) electrons. The average molecular weight is 439 g/mol. The minimum atomic E-state index is -0.715. The summed E-state index contributed by atoms with van der Waals surface area (Å²) in [6, 6.07) is 12.4. The number of hydrogen-bond donors (Lipinski definition) is 2. The van der Waals surface area contributed by atoms with E-state index in [1.807, 2.05) is 51.1 Å². The van der Waals surface area contributed by atoms with Gasteiger partial charge in [0.05, 0.1) is 13.3 Å². The summed E-state index contributed by atoms with van der Waals surface area (Å²) in [7, 11) is 1.60. The van der Waals surface area contributed by atoms with E-state index in [-0.39, 0.29) is 17.7 Å². The topological polar surface area (TPSA) is 83.0 Å². The van der Waals surface area contributed by atoms with Crippen molar-refractivity contribution in [1.29, 1.82) is 0 Å². The molecule has 1 unspecified atom stereocenters. The smallest absolute Gasteiger partial charge is 0.262 e. The fourth-order valence-electron chi connectivity index (χ4n) is 3.29. The van der Waals surface area contributed by atoms with Crippen molar-refractivity contribution in [2.24, 2.45) is 11.0 Å². The molecule has 1 atom stereocenters. The summed E-state index contributed by atoms with van der Waals surface area (Å²) in [5.74, 6) is -0.116. The fraction of sp³-hybridized carbons (Fsp3) is 0.400. The Hall–Kier alpha value is -3.35. The van der Waals surface area contributed by atoms with Crippen LogP contribution in [0.25, 0.3) is 0 Å². The van der Waals surface area contributed by atoms with Gasteiger partial charge in [0.1, 0.15) is 11.8 Å². The number of ether oxygens (including phenoxy) is 1. The van der Waals surface area contributed by atoms with Crippen LogP contribution in [-0.2, 0) is 4.79 Å². The normalized spacial score (nSPS) is 12.0. The third-order valence-electron chi connectivity index (χ3n) is 5.27. The predicted octanol–water partition coefficient (Wildman–Crippen LogP) is 3.75. The van der Waals surface area contributed by atoms with E-state index in [1.54, 1.807) is 25.5 Å². The van der Waals surface area contributed by atoms with Crippen LogP contribution in [-0.4, -0.2) is 44.3 Å². The number of nitrogens with zero attached hydrogens (tertiary/aromatic N) is 2. The Bertz CT molecular complexity index is 935. The zero-order valence-electron chi connectivity index (χ0n) is 19.8. The summed E-state index contributed by atoms with van der Waals surface area (Å²) in [5, 5.41) is 6.89. The highest BCUT2D eigenvalue weighted by molar-refractivity contribution is 5.97. The monoisotopic (exact) mass is 438 g/mol. The first kappa shape index (κ1) is 24.9. The number of benzene rings is 2. The molecule has 2 rings (SSSR count). The van der Waals surface area contributed by atoms with E-state index in [9.17, 15) is 9.59 Å². The van der Waals surface area contributed by atoms with Gasteiger partial charge in [0.2, 0.25) is 0 Å². The Morgan fingerprint density at radius 2 is 1.75 bits per heavy atom. The highest BCUT2D eigenvalue weighted by Crippen LogP contribution is 2.24. The van der Waals surface area contributed by atoms with Gasteiger partial charge in [-0.1, -0.05) is 31.5 Å². The maximum Gasteiger partial charge on any atom is 0.262 e. The maximum atomic E-state index is 12.7. The molecule has 0 aliphatic heterocycles. The van der Waals surface area contributed by atoms with E-state index in [0.717, 1.165) is 29.9 Å². The molecule has 0 saturated heterocycles.